The molecule has 4 heteroatoms. The minimum atomic E-state index is -0.0892. The average Bonchev–Trinajstić information content (AvgIpc) is 2.28. The summed E-state index contributed by atoms with van der Waals surface area (Å²) in [6, 6.07) is 7.34. The molecule has 0 fully saturated rings. The van der Waals surface area contributed by atoms with Crippen LogP contribution in [0.5, 0.6) is 0 Å². The lowest BCUT2D eigenvalue weighted by Crippen LogP contribution is -2.11. The third kappa shape index (κ3) is 4.47. The molecule has 0 aromatic heterocycles. The summed E-state index contributed by atoms with van der Waals surface area (Å²) in [6.07, 6.45) is 3.78. The number of anilines is 1. The molecule has 0 aliphatic heterocycles. The van der Waals surface area contributed by atoms with E-state index >= 15 is 0 Å². The molecule has 1 aromatic carbocycles. The molecule has 2 N–H and O–H groups in total. The molecule has 0 heterocycles. The summed E-state index contributed by atoms with van der Waals surface area (Å²) < 4.78 is 0. The maximum atomic E-state index is 11.2. The van der Waals surface area contributed by atoms with Crippen molar-refractivity contribution in [2.75, 3.05) is 17.8 Å². The minimum absolute atomic E-state index is 0.0220. The number of aliphatic hydroxyl groups excluding tert-OH is 1. The Balaban J connectivity index is 2.57. The van der Waals surface area contributed by atoms with E-state index in [9.17, 15) is 4.79 Å². The number of alkyl halides is 1. The number of aliphatic hydroxyl groups is 1. The maximum absolute atomic E-state index is 11.2. The Kier molecular flexibility index (Phi) is 5.61. The molecule has 1 rings (SSSR count). The van der Waals surface area contributed by atoms with Crippen LogP contribution in [0.25, 0.3) is 6.08 Å². The van der Waals surface area contributed by atoms with Crippen molar-refractivity contribution in [2.24, 2.45) is 0 Å². The Morgan fingerprint density at radius 2 is 2.06 bits per heavy atom. The summed E-state index contributed by atoms with van der Waals surface area (Å²) in [6.45, 7) is 0.0220. The molecule has 0 atom stereocenters. The number of carbonyl (C=O) groups is 1. The summed E-state index contributed by atoms with van der Waals surface area (Å²) in [5.74, 6) is 0.233. The van der Waals surface area contributed by atoms with Gasteiger partial charge in [0.25, 0.3) is 0 Å². The number of nitrogens with one attached hydrogen (secondary N) is 1. The second kappa shape index (κ2) is 7.04. The molecule has 3 nitrogen and oxygen atoms in total. The Hall–Kier alpha value is -1.32. The molecule has 0 radical (unpaired) electrons. The molecule has 0 bridgehead atoms. The SMILES string of the molecule is O=C(CCCl)Nc1ccc(C=CCO)cc1. The lowest BCUT2D eigenvalue weighted by atomic mass is 10.2. The van der Waals surface area contributed by atoms with Crippen LogP contribution >= 0.6 is 11.6 Å². The first kappa shape index (κ1) is 12.7. The Morgan fingerprint density at radius 1 is 1.38 bits per heavy atom. The van der Waals surface area contributed by atoms with Gasteiger partial charge in [-0.25, -0.2) is 0 Å². The highest BCUT2D eigenvalue weighted by Gasteiger charge is 2.00. The van der Waals surface area contributed by atoms with Crippen LogP contribution in [-0.4, -0.2) is 23.5 Å². The zero-order valence-electron chi connectivity index (χ0n) is 8.82. The predicted octanol–water partition coefficient (Wildman–Crippen LogP) is 2.26. The number of hydrogen-bond acceptors (Lipinski definition) is 2. The normalized spacial score (nSPS) is 10.6. The van der Waals surface area contributed by atoms with E-state index in [0.29, 0.717) is 12.3 Å². The highest BCUT2D eigenvalue weighted by Crippen LogP contribution is 2.11. The van der Waals surface area contributed by atoms with Gasteiger partial charge in [0.2, 0.25) is 5.91 Å². The van der Waals surface area contributed by atoms with Gasteiger partial charge in [0, 0.05) is 18.0 Å². The largest absolute Gasteiger partial charge is 0.392 e. The third-order valence-corrected chi connectivity index (χ3v) is 2.12. The van der Waals surface area contributed by atoms with E-state index in [2.05, 4.69) is 5.32 Å². The van der Waals surface area contributed by atoms with Crippen LogP contribution in [0.4, 0.5) is 5.69 Å². The first-order valence-corrected chi connectivity index (χ1v) is 5.53. The number of carbonyl (C=O) groups excluding carboxylic acids is 1. The Morgan fingerprint density at radius 3 is 2.62 bits per heavy atom. The number of benzene rings is 1. The van der Waals surface area contributed by atoms with E-state index in [1.54, 1.807) is 6.08 Å². The van der Waals surface area contributed by atoms with Crippen molar-refractivity contribution in [1.29, 1.82) is 0 Å². The third-order valence-electron chi connectivity index (χ3n) is 1.93. The zero-order valence-corrected chi connectivity index (χ0v) is 9.57. The second-order valence-electron chi connectivity index (χ2n) is 3.19. The highest BCUT2D eigenvalue weighted by molar-refractivity contribution is 6.19. The Bertz CT molecular complexity index is 360. The van der Waals surface area contributed by atoms with Crippen LogP contribution in [0.2, 0.25) is 0 Å². The van der Waals surface area contributed by atoms with Crippen molar-refractivity contribution >= 4 is 29.3 Å². The van der Waals surface area contributed by atoms with Crippen molar-refractivity contribution in [3.05, 3.63) is 35.9 Å². The van der Waals surface area contributed by atoms with Crippen molar-refractivity contribution in [2.45, 2.75) is 6.42 Å². The van der Waals surface area contributed by atoms with Crippen LogP contribution in [0.15, 0.2) is 30.3 Å². The van der Waals surface area contributed by atoms with Gasteiger partial charge < -0.3 is 10.4 Å². The van der Waals surface area contributed by atoms with E-state index < -0.39 is 0 Å². The summed E-state index contributed by atoms with van der Waals surface area (Å²) in [4.78, 5) is 11.2. The van der Waals surface area contributed by atoms with Gasteiger partial charge >= 0.3 is 0 Å². The van der Waals surface area contributed by atoms with Crippen LogP contribution in [0.3, 0.4) is 0 Å². The fourth-order valence-corrected chi connectivity index (χ4v) is 1.35. The van der Waals surface area contributed by atoms with E-state index in [4.69, 9.17) is 16.7 Å². The molecule has 1 aromatic rings. The molecule has 86 valence electrons. The molecule has 0 aliphatic rings. The van der Waals surface area contributed by atoms with Gasteiger partial charge in [0.1, 0.15) is 0 Å². The standard InChI is InChI=1S/C12H14ClNO2/c13-8-7-12(16)14-11-5-3-10(4-6-11)2-1-9-15/h1-6,15H,7-9H2,(H,14,16). The first-order chi connectivity index (χ1) is 7.76. The number of hydrogen-bond donors (Lipinski definition) is 2. The minimum Gasteiger partial charge on any atom is -0.392 e. The number of amides is 1. The smallest absolute Gasteiger partial charge is 0.225 e. The zero-order chi connectivity index (χ0) is 11.8. The van der Waals surface area contributed by atoms with Crippen molar-refractivity contribution in [3.63, 3.8) is 0 Å². The van der Waals surface area contributed by atoms with Crippen LogP contribution < -0.4 is 5.32 Å². The molecular weight excluding hydrogens is 226 g/mol. The van der Waals surface area contributed by atoms with Crippen LogP contribution in [0.1, 0.15) is 12.0 Å². The monoisotopic (exact) mass is 239 g/mol. The fraction of sp³-hybridized carbons (Fsp3) is 0.250. The van der Waals surface area contributed by atoms with Gasteiger partial charge in [-0.15, -0.1) is 11.6 Å². The second-order valence-corrected chi connectivity index (χ2v) is 3.57. The van der Waals surface area contributed by atoms with Gasteiger partial charge in [-0.05, 0) is 17.7 Å². The molecule has 16 heavy (non-hydrogen) atoms. The van der Waals surface area contributed by atoms with Gasteiger partial charge in [0.05, 0.1) is 6.61 Å². The fourth-order valence-electron chi connectivity index (χ4n) is 1.18. The molecular formula is C12H14ClNO2. The molecule has 1 amide bonds. The number of rotatable bonds is 5. The van der Waals surface area contributed by atoms with Gasteiger partial charge in [0.15, 0.2) is 0 Å². The summed E-state index contributed by atoms with van der Waals surface area (Å²) in [5.41, 5.74) is 1.72. The molecule has 0 aliphatic carbocycles. The van der Waals surface area contributed by atoms with Gasteiger partial charge in [-0.2, -0.15) is 0 Å². The first-order valence-electron chi connectivity index (χ1n) is 4.99. The van der Waals surface area contributed by atoms with Crippen LogP contribution in [0, 0.1) is 0 Å². The predicted molar refractivity (Wildman–Crippen MR) is 66.5 cm³/mol. The maximum Gasteiger partial charge on any atom is 0.225 e. The highest BCUT2D eigenvalue weighted by atomic mass is 35.5. The lowest BCUT2D eigenvalue weighted by molar-refractivity contribution is -0.115. The topological polar surface area (TPSA) is 49.3 Å². The van der Waals surface area contributed by atoms with Crippen molar-refractivity contribution in [3.8, 4) is 0 Å². The molecule has 0 unspecified atom stereocenters. The quantitative estimate of drug-likeness (QED) is 0.775. The molecule has 0 spiro atoms. The Labute approximate surface area is 99.7 Å². The van der Waals surface area contributed by atoms with E-state index in [1.807, 2.05) is 30.3 Å². The van der Waals surface area contributed by atoms with E-state index in [0.717, 1.165) is 11.3 Å². The van der Waals surface area contributed by atoms with Crippen LogP contribution in [-0.2, 0) is 4.79 Å². The summed E-state index contributed by atoms with van der Waals surface area (Å²) in [5, 5.41) is 11.3. The molecule has 0 saturated heterocycles. The summed E-state index contributed by atoms with van der Waals surface area (Å²) >= 11 is 5.45. The summed E-state index contributed by atoms with van der Waals surface area (Å²) in [7, 11) is 0. The molecule has 0 saturated carbocycles. The van der Waals surface area contributed by atoms with Crippen molar-refractivity contribution in [1.82, 2.24) is 0 Å². The lowest BCUT2D eigenvalue weighted by Gasteiger charge is -2.03. The van der Waals surface area contributed by atoms with E-state index in [1.165, 1.54) is 0 Å². The average molecular weight is 240 g/mol. The van der Waals surface area contributed by atoms with E-state index in [-0.39, 0.29) is 12.5 Å². The van der Waals surface area contributed by atoms with Gasteiger partial charge in [-0.1, -0.05) is 24.3 Å². The van der Waals surface area contributed by atoms with Crippen molar-refractivity contribution < 1.29 is 9.90 Å². The van der Waals surface area contributed by atoms with Gasteiger partial charge in [-0.3, -0.25) is 4.79 Å². The number of halogens is 1.